The first-order valence-electron chi connectivity index (χ1n) is 15.0. The molecular weight excluding hydrogens is 664 g/mol. The number of halogens is 3. The van der Waals surface area contributed by atoms with Gasteiger partial charge >= 0.3 is 0 Å². The van der Waals surface area contributed by atoms with E-state index in [2.05, 4.69) is 5.32 Å². The second kappa shape index (κ2) is 16.6. The molecule has 0 radical (unpaired) electrons. The third-order valence-corrected chi connectivity index (χ3v) is 10.0. The minimum Gasteiger partial charge on any atom is -0.497 e. The van der Waals surface area contributed by atoms with E-state index < -0.39 is 40.2 Å². The zero-order chi connectivity index (χ0) is 34.0. The van der Waals surface area contributed by atoms with Gasteiger partial charge in [-0.1, -0.05) is 72.9 Å². The van der Waals surface area contributed by atoms with E-state index in [1.807, 2.05) is 37.3 Å². The highest BCUT2D eigenvalue weighted by atomic mass is 35.5. The van der Waals surface area contributed by atoms with Gasteiger partial charge in [-0.15, -0.1) is 0 Å². The van der Waals surface area contributed by atoms with Crippen LogP contribution in [0.25, 0.3) is 0 Å². The summed E-state index contributed by atoms with van der Waals surface area (Å²) in [6.45, 7) is 1.49. The van der Waals surface area contributed by atoms with Gasteiger partial charge in [-0.2, -0.15) is 0 Å². The van der Waals surface area contributed by atoms with Crippen molar-refractivity contribution in [1.29, 1.82) is 0 Å². The number of carbonyl (C=O) groups excluding carboxylic acids is 2. The van der Waals surface area contributed by atoms with E-state index in [-0.39, 0.29) is 33.6 Å². The molecule has 0 aliphatic rings. The Labute approximate surface area is 285 Å². The molecule has 8 nitrogen and oxygen atoms in total. The van der Waals surface area contributed by atoms with Crippen molar-refractivity contribution in [2.24, 2.45) is 0 Å². The van der Waals surface area contributed by atoms with Crippen molar-refractivity contribution in [1.82, 2.24) is 10.2 Å². The van der Waals surface area contributed by atoms with Gasteiger partial charge in [0.15, 0.2) is 0 Å². The van der Waals surface area contributed by atoms with Gasteiger partial charge in [0.25, 0.3) is 10.0 Å². The predicted molar refractivity (Wildman–Crippen MR) is 183 cm³/mol. The van der Waals surface area contributed by atoms with Crippen LogP contribution in [0.2, 0.25) is 10.0 Å². The molecule has 0 saturated carbocycles. The van der Waals surface area contributed by atoms with Gasteiger partial charge in [-0.3, -0.25) is 13.9 Å². The van der Waals surface area contributed by atoms with Gasteiger partial charge < -0.3 is 15.0 Å². The number of hydrogen-bond acceptors (Lipinski definition) is 5. The Morgan fingerprint density at radius 3 is 2.13 bits per heavy atom. The highest BCUT2D eigenvalue weighted by Crippen LogP contribution is 2.29. The van der Waals surface area contributed by atoms with Crippen LogP contribution in [0, 0.1) is 5.82 Å². The molecule has 1 N–H and O–H groups in total. The first kappa shape index (κ1) is 35.7. The summed E-state index contributed by atoms with van der Waals surface area (Å²) in [4.78, 5) is 29.6. The molecule has 0 bridgehead atoms. The number of rotatable bonds is 15. The molecule has 4 aromatic carbocycles. The van der Waals surface area contributed by atoms with E-state index >= 15 is 0 Å². The minimum atomic E-state index is -4.38. The van der Waals surface area contributed by atoms with Crippen LogP contribution >= 0.6 is 23.2 Å². The fourth-order valence-corrected chi connectivity index (χ4v) is 6.86. The van der Waals surface area contributed by atoms with Crippen LogP contribution in [-0.2, 0) is 32.6 Å². The fraction of sp³-hybridized carbons (Fsp3) is 0.257. The highest BCUT2D eigenvalue weighted by molar-refractivity contribution is 7.92. The van der Waals surface area contributed by atoms with Crippen LogP contribution < -0.4 is 14.4 Å². The van der Waals surface area contributed by atoms with Gasteiger partial charge in [0, 0.05) is 35.1 Å². The van der Waals surface area contributed by atoms with E-state index in [4.69, 9.17) is 27.9 Å². The van der Waals surface area contributed by atoms with E-state index in [1.165, 1.54) is 48.4 Å². The first-order valence-corrected chi connectivity index (χ1v) is 17.2. The van der Waals surface area contributed by atoms with Gasteiger partial charge in [0.2, 0.25) is 11.8 Å². The molecule has 248 valence electrons. The largest absolute Gasteiger partial charge is 0.497 e. The lowest BCUT2D eigenvalue weighted by atomic mass is 10.0. The lowest BCUT2D eigenvalue weighted by Gasteiger charge is -2.34. The molecular formula is C35H36Cl2FN3O5S. The Bertz CT molecular complexity index is 1740. The maximum atomic E-state index is 14.5. The average molecular weight is 701 g/mol. The van der Waals surface area contributed by atoms with Crippen molar-refractivity contribution in [3.63, 3.8) is 0 Å². The highest BCUT2D eigenvalue weighted by Gasteiger charge is 2.35. The van der Waals surface area contributed by atoms with Crippen LogP contribution in [0.4, 0.5) is 10.1 Å². The Hall–Kier alpha value is -4.12. The standard InChI is InChI=1S/C35H36Cl2FN3O5S/c1-3-4-21-39-35(43)33(22-25-9-6-5-7-10-25)40(23-30-31(36)11-8-12-32(30)37)34(42)24-41(27-15-13-26(38)14-16-27)47(44,45)29-19-17-28(46-2)18-20-29/h5-20,33H,3-4,21-24H2,1-2H3,(H,39,43)/t33-/m0/s1. The van der Waals surface area contributed by atoms with Crippen molar-refractivity contribution in [2.45, 2.75) is 43.7 Å². The number of methoxy groups -OCH3 is 1. The second-order valence-electron chi connectivity index (χ2n) is 10.7. The normalized spacial score (nSPS) is 11.9. The van der Waals surface area contributed by atoms with Gasteiger partial charge in [-0.05, 0) is 72.6 Å². The summed E-state index contributed by atoms with van der Waals surface area (Å²) in [6.07, 6.45) is 1.71. The molecule has 4 aromatic rings. The third-order valence-electron chi connectivity index (χ3n) is 7.53. The maximum absolute atomic E-state index is 14.5. The zero-order valence-corrected chi connectivity index (χ0v) is 28.4. The Morgan fingerprint density at radius 2 is 1.53 bits per heavy atom. The number of hydrogen-bond donors (Lipinski definition) is 1. The smallest absolute Gasteiger partial charge is 0.264 e. The van der Waals surface area contributed by atoms with Gasteiger partial charge in [0.1, 0.15) is 24.2 Å². The molecule has 4 rings (SSSR count). The van der Waals surface area contributed by atoms with Crippen molar-refractivity contribution in [3.8, 4) is 5.75 Å². The number of carbonyl (C=O) groups is 2. The monoisotopic (exact) mass is 699 g/mol. The van der Waals surface area contributed by atoms with E-state index in [0.29, 0.717) is 17.9 Å². The van der Waals surface area contributed by atoms with Gasteiger partial charge in [0.05, 0.1) is 17.7 Å². The molecule has 0 saturated heterocycles. The summed E-state index contributed by atoms with van der Waals surface area (Å²) in [7, 11) is -2.92. The van der Waals surface area contributed by atoms with Crippen molar-refractivity contribution >= 4 is 50.7 Å². The van der Waals surface area contributed by atoms with Crippen LogP contribution in [0.3, 0.4) is 0 Å². The number of unbranched alkanes of at least 4 members (excludes halogenated alkanes) is 1. The van der Waals surface area contributed by atoms with Crippen molar-refractivity contribution in [2.75, 3.05) is 24.5 Å². The third kappa shape index (κ3) is 9.24. The summed E-state index contributed by atoms with van der Waals surface area (Å²) < 4.78 is 48.3. The second-order valence-corrected chi connectivity index (χ2v) is 13.4. The molecule has 12 heteroatoms. The molecule has 0 spiro atoms. The Morgan fingerprint density at radius 1 is 0.894 bits per heavy atom. The summed E-state index contributed by atoms with van der Waals surface area (Å²) in [5.41, 5.74) is 1.24. The lowest BCUT2D eigenvalue weighted by molar-refractivity contribution is -0.140. The summed E-state index contributed by atoms with van der Waals surface area (Å²) in [6, 6.07) is 23.5. The van der Waals surface area contributed by atoms with Crippen LogP contribution in [0.15, 0.2) is 102 Å². The van der Waals surface area contributed by atoms with E-state index in [9.17, 15) is 22.4 Å². The Kier molecular flexibility index (Phi) is 12.6. The number of sulfonamides is 1. The average Bonchev–Trinajstić information content (AvgIpc) is 3.07. The molecule has 0 unspecified atom stereocenters. The minimum absolute atomic E-state index is 0.0540. The first-order chi connectivity index (χ1) is 22.5. The molecule has 0 fully saturated rings. The summed E-state index contributed by atoms with van der Waals surface area (Å²) >= 11 is 13.1. The topological polar surface area (TPSA) is 96.0 Å². The summed E-state index contributed by atoms with van der Waals surface area (Å²) in [5.74, 6) is -1.25. The number of anilines is 1. The van der Waals surface area contributed by atoms with Gasteiger partial charge in [-0.25, -0.2) is 12.8 Å². The molecule has 0 aliphatic carbocycles. The number of benzene rings is 4. The Balaban J connectivity index is 1.82. The maximum Gasteiger partial charge on any atom is 0.264 e. The van der Waals surface area contributed by atoms with Crippen LogP contribution in [0.5, 0.6) is 5.75 Å². The zero-order valence-electron chi connectivity index (χ0n) is 26.0. The number of amides is 2. The number of nitrogens with one attached hydrogen (secondary N) is 1. The van der Waals surface area contributed by atoms with Crippen molar-refractivity contribution < 1.29 is 27.1 Å². The van der Waals surface area contributed by atoms with Crippen LogP contribution in [-0.4, -0.2) is 51.4 Å². The predicted octanol–water partition coefficient (Wildman–Crippen LogP) is 6.89. The van der Waals surface area contributed by atoms with Crippen molar-refractivity contribution in [3.05, 3.63) is 124 Å². The number of nitrogens with zero attached hydrogens (tertiary/aromatic N) is 2. The van der Waals surface area contributed by atoms with E-state index in [0.717, 1.165) is 34.8 Å². The molecule has 0 aliphatic heterocycles. The number of ether oxygens (including phenoxy) is 1. The van der Waals surface area contributed by atoms with E-state index in [1.54, 1.807) is 18.2 Å². The quantitative estimate of drug-likeness (QED) is 0.136. The molecule has 2 amide bonds. The fourth-order valence-electron chi connectivity index (χ4n) is 4.92. The molecule has 47 heavy (non-hydrogen) atoms. The molecule has 1 atom stereocenters. The summed E-state index contributed by atoms with van der Waals surface area (Å²) in [5, 5.41) is 3.49. The molecule has 0 heterocycles. The lowest BCUT2D eigenvalue weighted by Crippen LogP contribution is -2.53. The van der Waals surface area contributed by atoms with Crippen LogP contribution in [0.1, 0.15) is 30.9 Å². The molecule has 0 aromatic heterocycles. The SMILES string of the molecule is CCCCNC(=O)[C@H](Cc1ccccc1)N(Cc1c(Cl)cccc1Cl)C(=O)CN(c1ccc(F)cc1)S(=O)(=O)c1ccc(OC)cc1.